The van der Waals surface area contributed by atoms with E-state index in [1.165, 1.54) is 29.5 Å². The molecule has 0 N–H and O–H groups in total. The minimum absolute atomic E-state index is 0.313. The zero-order valence-electron chi connectivity index (χ0n) is 12.0. The van der Waals surface area contributed by atoms with Crippen LogP contribution in [0.2, 0.25) is 0 Å². The van der Waals surface area contributed by atoms with E-state index >= 15 is 0 Å². The molecule has 2 aromatic carbocycles. The number of carbonyl (C=O) groups excluding carboxylic acids is 1. The number of hydrogen-bond acceptors (Lipinski definition) is 4. The largest absolute Gasteiger partial charge is 0.513 e. The highest BCUT2D eigenvalue weighted by molar-refractivity contribution is 7.99. The summed E-state index contributed by atoms with van der Waals surface area (Å²) in [4.78, 5) is 11.5. The van der Waals surface area contributed by atoms with Crippen LogP contribution in [-0.2, 0) is 4.74 Å². The molecule has 0 aromatic heterocycles. The van der Waals surface area contributed by atoms with Crippen molar-refractivity contribution in [1.29, 1.82) is 0 Å². The van der Waals surface area contributed by atoms with Crippen molar-refractivity contribution >= 4 is 28.7 Å². The van der Waals surface area contributed by atoms with Crippen LogP contribution in [0.25, 0.3) is 10.8 Å². The molecule has 0 spiro atoms. The van der Waals surface area contributed by atoms with E-state index in [0.29, 0.717) is 17.6 Å². The molecule has 3 rings (SSSR count). The van der Waals surface area contributed by atoms with Gasteiger partial charge in [-0.3, -0.25) is 0 Å². The summed E-state index contributed by atoms with van der Waals surface area (Å²) in [5.41, 5.74) is 1.34. The molecule has 0 bridgehead atoms. The summed E-state index contributed by atoms with van der Waals surface area (Å²) in [5.74, 6) is 1.79. The van der Waals surface area contributed by atoms with Crippen molar-refractivity contribution < 1.29 is 14.3 Å². The number of fused-ring (bicyclic) bond motifs is 1. The molecule has 1 atom stereocenters. The maximum atomic E-state index is 11.5. The minimum Gasteiger partial charge on any atom is -0.434 e. The van der Waals surface area contributed by atoms with Gasteiger partial charge in [-0.2, -0.15) is 11.8 Å². The topological polar surface area (TPSA) is 35.5 Å². The van der Waals surface area contributed by atoms with Gasteiger partial charge in [0.1, 0.15) is 5.75 Å². The van der Waals surface area contributed by atoms with Crippen LogP contribution in [0.4, 0.5) is 4.79 Å². The number of thioether (sulfide) groups is 1. The van der Waals surface area contributed by atoms with Gasteiger partial charge in [0.15, 0.2) is 0 Å². The van der Waals surface area contributed by atoms with E-state index in [4.69, 9.17) is 9.47 Å². The summed E-state index contributed by atoms with van der Waals surface area (Å²) in [7, 11) is 0. The lowest BCUT2D eigenvalue weighted by atomic mass is 9.99. The molecule has 110 valence electrons. The zero-order chi connectivity index (χ0) is 14.7. The van der Waals surface area contributed by atoms with Gasteiger partial charge in [0.25, 0.3) is 0 Å². The van der Waals surface area contributed by atoms with Crippen LogP contribution in [0, 0.1) is 0 Å². The van der Waals surface area contributed by atoms with Crippen molar-refractivity contribution in [3.8, 4) is 5.75 Å². The Morgan fingerprint density at radius 1 is 1.24 bits per heavy atom. The van der Waals surface area contributed by atoms with Gasteiger partial charge in [-0.25, -0.2) is 4.79 Å². The molecule has 1 fully saturated rings. The van der Waals surface area contributed by atoms with Crippen LogP contribution in [0.1, 0.15) is 30.6 Å². The fourth-order valence-electron chi connectivity index (χ4n) is 2.72. The van der Waals surface area contributed by atoms with Gasteiger partial charge in [0.2, 0.25) is 0 Å². The molecule has 0 aliphatic carbocycles. The van der Waals surface area contributed by atoms with E-state index in [1.807, 2.05) is 36.0 Å². The Morgan fingerprint density at radius 2 is 2.05 bits per heavy atom. The number of benzene rings is 2. The summed E-state index contributed by atoms with van der Waals surface area (Å²) in [6, 6.07) is 12.0. The summed E-state index contributed by atoms with van der Waals surface area (Å²) >= 11 is 2.01. The van der Waals surface area contributed by atoms with E-state index in [-0.39, 0.29) is 0 Å². The second-order valence-corrected chi connectivity index (χ2v) is 6.30. The van der Waals surface area contributed by atoms with Crippen molar-refractivity contribution in [2.75, 3.05) is 12.4 Å². The fourth-order valence-corrected chi connectivity index (χ4v) is 4.06. The molecule has 0 amide bonds. The molecular formula is C17H18O3S. The van der Waals surface area contributed by atoms with Gasteiger partial charge in [-0.05, 0) is 42.5 Å². The summed E-state index contributed by atoms with van der Waals surface area (Å²) < 4.78 is 10.2. The molecule has 1 unspecified atom stereocenters. The molecule has 0 saturated carbocycles. The predicted molar refractivity (Wildman–Crippen MR) is 86.0 cm³/mol. The van der Waals surface area contributed by atoms with Gasteiger partial charge in [-0.1, -0.05) is 30.3 Å². The Kier molecular flexibility index (Phi) is 4.34. The van der Waals surface area contributed by atoms with Crippen LogP contribution in [0.15, 0.2) is 36.4 Å². The molecule has 1 aliphatic heterocycles. The number of hydrogen-bond donors (Lipinski definition) is 0. The third-order valence-corrected chi connectivity index (χ3v) is 5.07. The Hall–Kier alpha value is -1.68. The highest BCUT2D eigenvalue weighted by atomic mass is 32.2. The van der Waals surface area contributed by atoms with Crippen LogP contribution >= 0.6 is 11.8 Å². The van der Waals surface area contributed by atoms with Gasteiger partial charge < -0.3 is 9.47 Å². The highest BCUT2D eigenvalue weighted by Gasteiger charge is 2.21. The van der Waals surface area contributed by atoms with Crippen molar-refractivity contribution in [3.05, 3.63) is 42.0 Å². The molecule has 21 heavy (non-hydrogen) atoms. The smallest absolute Gasteiger partial charge is 0.434 e. The number of ether oxygens (including phenoxy) is 2. The molecule has 1 heterocycles. The Balaban J connectivity index is 2.00. The Morgan fingerprint density at radius 3 is 2.76 bits per heavy atom. The number of rotatable bonds is 3. The normalized spacial score (nSPS) is 17.9. The first-order valence-corrected chi connectivity index (χ1v) is 8.32. The first kappa shape index (κ1) is 14.3. The molecule has 3 nitrogen and oxygen atoms in total. The van der Waals surface area contributed by atoms with Gasteiger partial charge in [0, 0.05) is 10.6 Å². The lowest BCUT2D eigenvalue weighted by molar-refractivity contribution is 0.105. The van der Waals surface area contributed by atoms with Crippen molar-refractivity contribution in [2.45, 2.75) is 25.0 Å². The summed E-state index contributed by atoms with van der Waals surface area (Å²) in [6.45, 7) is 2.08. The third kappa shape index (κ3) is 3.00. The molecule has 1 aliphatic rings. The number of carbonyl (C=O) groups is 1. The summed E-state index contributed by atoms with van der Waals surface area (Å²) in [6.07, 6.45) is 1.84. The van der Waals surface area contributed by atoms with Crippen molar-refractivity contribution in [3.63, 3.8) is 0 Å². The SMILES string of the molecule is CCOC(=O)Oc1ccc(C2CCCS2)c2ccccc12. The molecule has 2 aromatic rings. The molecule has 0 radical (unpaired) electrons. The monoisotopic (exact) mass is 302 g/mol. The average Bonchev–Trinajstić information content (AvgIpc) is 3.02. The quantitative estimate of drug-likeness (QED) is 0.594. The van der Waals surface area contributed by atoms with Crippen LogP contribution in [0.3, 0.4) is 0 Å². The Bertz CT molecular complexity index is 648. The standard InChI is InChI=1S/C17H18O3S/c1-2-19-17(18)20-15-10-9-14(16-8-5-11-21-16)12-6-3-4-7-13(12)15/h3-4,6-7,9-10,16H,2,5,8,11H2,1H3. The van der Waals surface area contributed by atoms with Gasteiger partial charge in [0.05, 0.1) is 6.61 Å². The maximum absolute atomic E-state index is 11.5. The molecule has 1 saturated heterocycles. The minimum atomic E-state index is -0.648. The Labute approximate surface area is 128 Å². The first-order chi connectivity index (χ1) is 10.3. The van der Waals surface area contributed by atoms with Crippen molar-refractivity contribution in [2.24, 2.45) is 0 Å². The fraction of sp³-hybridized carbons (Fsp3) is 0.353. The molecular weight excluding hydrogens is 284 g/mol. The van der Waals surface area contributed by atoms with E-state index in [9.17, 15) is 4.79 Å². The molecule has 4 heteroatoms. The van der Waals surface area contributed by atoms with E-state index < -0.39 is 6.16 Å². The van der Waals surface area contributed by atoms with Crippen LogP contribution in [-0.4, -0.2) is 18.5 Å². The lowest BCUT2D eigenvalue weighted by Gasteiger charge is -2.15. The van der Waals surface area contributed by atoms with E-state index in [0.717, 1.165) is 5.39 Å². The maximum Gasteiger partial charge on any atom is 0.513 e. The lowest BCUT2D eigenvalue weighted by Crippen LogP contribution is -2.10. The van der Waals surface area contributed by atoms with E-state index in [1.54, 1.807) is 6.92 Å². The second kappa shape index (κ2) is 6.39. The van der Waals surface area contributed by atoms with Gasteiger partial charge in [-0.15, -0.1) is 0 Å². The third-order valence-electron chi connectivity index (χ3n) is 3.65. The van der Waals surface area contributed by atoms with Crippen LogP contribution < -0.4 is 4.74 Å². The second-order valence-electron chi connectivity index (χ2n) is 4.99. The van der Waals surface area contributed by atoms with Crippen molar-refractivity contribution in [1.82, 2.24) is 0 Å². The van der Waals surface area contributed by atoms with Crippen LogP contribution in [0.5, 0.6) is 5.75 Å². The predicted octanol–water partition coefficient (Wildman–Crippen LogP) is 4.94. The van der Waals surface area contributed by atoms with E-state index in [2.05, 4.69) is 12.1 Å². The highest BCUT2D eigenvalue weighted by Crippen LogP contribution is 2.44. The summed E-state index contributed by atoms with van der Waals surface area (Å²) in [5, 5.41) is 2.68. The van der Waals surface area contributed by atoms with Gasteiger partial charge >= 0.3 is 6.16 Å². The zero-order valence-corrected chi connectivity index (χ0v) is 12.8. The first-order valence-electron chi connectivity index (χ1n) is 7.27. The average molecular weight is 302 g/mol.